The molecule has 4 nitrogen and oxygen atoms in total. The van der Waals surface area contributed by atoms with Gasteiger partial charge in [-0.1, -0.05) is 13.8 Å². The minimum atomic E-state index is 0.447. The zero-order valence-corrected chi connectivity index (χ0v) is 12.4. The summed E-state index contributed by atoms with van der Waals surface area (Å²) in [6.45, 7) is 6.49. The zero-order valence-electron chi connectivity index (χ0n) is 12.4. The summed E-state index contributed by atoms with van der Waals surface area (Å²) in [5.74, 6) is 1.49. The number of piperidine rings is 1. The van der Waals surface area contributed by atoms with Gasteiger partial charge in [0.05, 0.1) is 5.69 Å². The van der Waals surface area contributed by atoms with E-state index in [1.54, 1.807) is 0 Å². The molecule has 0 bridgehead atoms. The fraction of sp³-hybridized carbons (Fsp3) is 0.733. The summed E-state index contributed by atoms with van der Waals surface area (Å²) in [7, 11) is 2.02. The molecule has 0 amide bonds. The standard InChI is InChI=1S/C15H26N4/c1-12(2)14-7-8-15(18-17-14)19-11-5-4-6-13(19)9-10-16-3/h7-8,12-13,16H,4-6,9-11H2,1-3H3. The second kappa shape index (κ2) is 6.85. The van der Waals surface area contributed by atoms with Gasteiger partial charge >= 0.3 is 0 Å². The maximum Gasteiger partial charge on any atom is 0.151 e. The highest BCUT2D eigenvalue weighted by Gasteiger charge is 2.23. The third-order valence-electron chi connectivity index (χ3n) is 3.91. The van der Waals surface area contributed by atoms with E-state index in [1.807, 2.05) is 7.05 Å². The van der Waals surface area contributed by atoms with Gasteiger partial charge in [-0.15, -0.1) is 5.10 Å². The molecule has 19 heavy (non-hydrogen) atoms. The SMILES string of the molecule is CNCCC1CCCCN1c1ccc(C(C)C)nn1. The lowest BCUT2D eigenvalue weighted by Gasteiger charge is -2.36. The molecular formula is C15H26N4. The van der Waals surface area contributed by atoms with Crippen molar-refractivity contribution in [2.45, 2.75) is 51.5 Å². The Kier molecular flexibility index (Phi) is 5.14. The highest BCUT2D eigenvalue weighted by atomic mass is 15.3. The Morgan fingerprint density at radius 3 is 2.79 bits per heavy atom. The summed E-state index contributed by atoms with van der Waals surface area (Å²) < 4.78 is 0. The number of aromatic nitrogens is 2. The van der Waals surface area contributed by atoms with Gasteiger partial charge in [-0.05, 0) is 57.3 Å². The Labute approximate surface area is 116 Å². The first kappa shape index (κ1) is 14.3. The monoisotopic (exact) mass is 262 g/mol. The fourth-order valence-corrected chi connectivity index (χ4v) is 2.71. The van der Waals surface area contributed by atoms with E-state index in [-0.39, 0.29) is 0 Å². The number of rotatable bonds is 5. The summed E-state index contributed by atoms with van der Waals surface area (Å²) in [6.07, 6.45) is 5.06. The van der Waals surface area contributed by atoms with Gasteiger partial charge in [0.1, 0.15) is 0 Å². The van der Waals surface area contributed by atoms with Crippen molar-refractivity contribution in [3.05, 3.63) is 17.8 Å². The molecule has 0 radical (unpaired) electrons. The summed E-state index contributed by atoms with van der Waals surface area (Å²) in [5.41, 5.74) is 1.08. The molecule has 1 saturated heterocycles. The van der Waals surface area contributed by atoms with Gasteiger partial charge < -0.3 is 10.2 Å². The van der Waals surface area contributed by atoms with E-state index in [4.69, 9.17) is 0 Å². The molecule has 1 aromatic rings. The van der Waals surface area contributed by atoms with Gasteiger partial charge in [0.2, 0.25) is 0 Å². The normalized spacial score (nSPS) is 20.0. The summed E-state index contributed by atoms with van der Waals surface area (Å²) >= 11 is 0. The molecule has 1 N–H and O–H groups in total. The smallest absolute Gasteiger partial charge is 0.151 e. The molecule has 0 spiro atoms. The molecular weight excluding hydrogens is 236 g/mol. The van der Waals surface area contributed by atoms with Crippen molar-refractivity contribution in [1.82, 2.24) is 15.5 Å². The predicted molar refractivity (Wildman–Crippen MR) is 79.6 cm³/mol. The third kappa shape index (κ3) is 3.66. The first-order valence-electron chi connectivity index (χ1n) is 7.47. The average Bonchev–Trinajstić information content (AvgIpc) is 2.45. The first-order valence-corrected chi connectivity index (χ1v) is 7.47. The first-order chi connectivity index (χ1) is 9.22. The van der Waals surface area contributed by atoms with Gasteiger partial charge in [0, 0.05) is 12.6 Å². The highest BCUT2D eigenvalue weighted by Crippen LogP contribution is 2.25. The Morgan fingerprint density at radius 2 is 2.16 bits per heavy atom. The van der Waals surface area contributed by atoms with Crippen LogP contribution in [0.1, 0.15) is 51.1 Å². The molecule has 1 aliphatic heterocycles. The van der Waals surface area contributed by atoms with Crippen LogP contribution in [0.4, 0.5) is 5.82 Å². The molecule has 1 fully saturated rings. The number of hydrogen-bond acceptors (Lipinski definition) is 4. The van der Waals surface area contributed by atoms with Crippen LogP contribution < -0.4 is 10.2 Å². The van der Waals surface area contributed by atoms with E-state index in [9.17, 15) is 0 Å². The quantitative estimate of drug-likeness (QED) is 0.885. The van der Waals surface area contributed by atoms with Crippen molar-refractivity contribution in [3.63, 3.8) is 0 Å². The summed E-state index contributed by atoms with van der Waals surface area (Å²) in [4.78, 5) is 2.44. The van der Waals surface area contributed by atoms with Crippen LogP contribution in [0.3, 0.4) is 0 Å². The average molecular weight is 262 g/mol. The van der Waals surface area contributed by atoms with Gasteiger partial charge in [-0.2, -0.15) is 5.10 Å². The van der Waals surface area contributed by atoms with Gasteiger partial charge in [0.25, 0.3) is 0 Å². The molecule has 2 rings (SSSR count). The minimum Gasteiger partial charge on any atom is -0.352 e. The van der Waals surface area contributed by atoms with E-state index in [1.165, 1.54) is 25.7 Å². The summed E-state index contributed by atoms with van der Waals surface area (Å²) in [5, 5.41) is 12.0. The molecule has 0 aromatic carbocycles. The van der Waals surface area contributed by atoms with Gasteiger partial charge in [-0.25, -0.2) is 0 Å². The van der Waals surface area contributed by atoms with Crippen molar-refractivity contribution >= 4 is 5.82 Å². The number of nitrogens with zero attached hydrogens (tertiary/aromatic N) is 3. The van der Waals surface area contributed by atoms with Crippen LogP contribution in [0, 0.1) is 0 Å². The van der Waals surface area contributed by atoms with E-state index in [2.05, 4.69) is 46.4 Å². The molecule has 0 saturated carbocycles. The molecule has 1 aromatic heterocycles. The molecule has 1 unspecified atom stereocenters. The topological polar surface area (TPSA) is 41.0 Å². The van der Waals surface area contributed by atoms with Crippen LogP contribution in [0.25, 0.3) is 0 Å². The van der Waals surface area contributed by atoms with Crippen LogP contribution in [0.15, 0.2) is 12.1 Å². The van der Waals surface area contributed by atoms with Crippen molar-refractivity contribution in [3.8, 4) is 0 Å². The van der Waals surface area contributed by atoms with Crippen LogP contribution in [0.5, 0.6) is 0 Å². The lowest BCUT2D eigenvalue weighted by molar-refractivity contribution is 0.429. The minimum absolute atomic E-state index is 0.447. The van der Waals surface area contributed by atoms with Crippen LogP contribution in [0.2, 0.25) is 0 Å². The Bertz CT molecular complexity index is 374. The number of hydrogen-bond donors (Lipinski definition) is 1. The zero-order chi connectivity index (χ0) is 13.7. The Hall–Kier alpha value is -1.16. The van der Waals surface area contributed by atoms with Crippen LogP contribution in [-0.2, 0) is 0 Å². The lowest BCUT2D eigenvalue weighted by atomic mass is 9.99. The third-order valence-corrected chi connectivity index (χ3v) is 3.91. The second-order valence-corrected chi connectivity index (χ2v) is 5.71. The Balaban J connectivity index is 2.08. The Morgan fingerprint density at radius 1 is 1.32 bits per heavy atom. The van der Waals surface area contributed by atoms with E-state index in [0.29, 0.717) is 12.0 Å². The van der Waals surface area contributed by atoms with Gasteiger partial charge in [0.15, 0.2) is 5.82 Å². The fourth-order valence-electron chi connectivity index (χ4n) is 2.71. The van der Waals surface area contributed by atoms with Crippen molar-refractivity contribution in [2.24, 2.45) is 0 Å². The van der Waals surface area contributed by atoms with Crippen LogP contribution >= 0.6 is 0 Å². The second-order valence-electron chi connectivity index (χ2n) is 5.71. The van der Waals surface area contributed by atoms with Crippen LogP contribution in [-0.4, -0.2) is 36.4 Å². The predicted octanol–water partition coefficient (Wildman–Crippen LogP) is 2.57. The maximum absolute atomic E-state index is 4.44. The highest BCUT2D eigenvalue weighted by molar-refractivity contribution is 5.39. The molecule has 0 aliphatic carbocycles. The van der Waals surface area contributed by atoms with E-state index >= 15 is 0 Å². The maximum atomic E-state index is 4.44. The molecule has 4 heteroatoms. The van der Waals surface area contributed by atoms with Gasteiger partial charge in [-0.3, -0.25) is 0 Å². The molecule has 2 heterocycles. The number of anilines is 1. The van der Waals surface area contributed by atoms with E-state index in [0.717, 1.165) is 24.6 Å². The summed E-state index contributed by atoms with van der Waals surface area (Å²) in [6, 6.07) is 4.87. The molecule has 1 aliphatic rings. The number of nitrogens with one attached hydrogen (secondary N) is 1. The van der Waals surface area contributed by atoms with Crippen molar-refractivity contribution in [2.75, 3.05) is 25.0 Å². The van der Waals surface area contributed by atoms with E-state index < -0.39 is 0 Å². The molecule has 1 atom stereocenters. The lowest BCUT2D eigenvalue weighted by Crippen LogP contribution is -2.41. The van der Waals surface area contributed by atoms with Crippen molar-refractivity contribution in [1.29, 1.82) is 0 Å². The largest absolute Gasteiger partial charge is 0.352 e. The van der Waals surface area contributed by atoms with Crippen molar-refractivity contribution < 1.29 is 0 Å². The molecule has 106 valence electrons.